The average Bonchev–Trinajstić information content (AvgIpc) is 2.61. The summed E-state index contributed by atoms with van der Waals surface area (Å²) >= 11 is 0. The molecule has 0 unspecified atom stereocenters. The van der Waals surface area contributed by atoms with E-state index in [0.29, 0.717) is 0 Å². The second-order valence-corrected chi connectivity index (χ2v) is 5.40. The van der Waals surface area contributed by atoms with Gasteiger partial charge in [-0.15, -0.1) is 0 Å². The fourth-order valence-corrected chi connectivity index (χ4v) is 3.10. The van der Waals surface area contributed by atoms with Gasteiger partial charge in [0.05, 0.1) is 0 Å². The van der Waals surface area contributed by atoms with Crippen LogP contribution in [0.3, 0.4) is 0 Å². The summed E-state index contributed by atoms with van der Waals surface area (Å²) in [4.78, 5) is 0. The third-order valence-electron chi connectivity index (χ3n) is 4.14. The molecule has 1 N–H and O–H groups in total. The summed E-state index contributed by atoms with van der Waals surface area (Å²) in [5.74, 6) is 0. The molecule has 0 saturated heterocycles. The van der Waals surface area contributed by atoms with Crippen LogP contribution in [0.25, 0.3) is 32.3 Å². The summed E-state index contributed by atoms with van der Waals surface area (Å²) in [6.45, 7) is 0. The zero-order valence-corrected chi connectivity index (χ0v) is 12.2. The van der Waals surface area contributed by atoms with Crippen LogP contribution in [-0.2, 0) is 0 Å². The highest BCUT2D eigenvalue weighted by Crippen LogP contribution is 2.37. The molecule has 0 saturated carbocycles. The number of hydrogen-bond donors (Lipinski definition) is 1. The SMILES string of the molecule is N#CC(C#N)=CNc1ccc2ccc3cccc4ccc1c2c34. The number of nitrogens with one attached hydrogen (secondary N) is 1. The summed E-state index contributed by atoms with van der Waals surface area (Å²) in [7, 11) is 0. The van der Waals surface area contributed by atoms with Gasteiger partial charge >= 0.3 is 0 Å². The van der Waals surface area contributed by atoms with Crippen LogP contribution >= 0.6 is 0 Å². The van der Waals surface area contributed by atoms with Crippen molar-refractivity contribution in [1.82, 2.24) is 0 Å². The zero-order chi connectivity index (χ0) is 15.8. The van der Waals surface area contributed by atoms with Gasteiger partial charge in [0, 0.05) is 17.3 Å². The van der Waals surface area contributed by atoms with Gasteiger partial charge in [-0.25, -0.2) is 0 Å². The van der Waals surface area contributed by atoms with Crippen LogP contribution in [0.15, 0.2) is 66.4 Å². The molecule has 4 aromatic rings. The van der Waals surface area contributed by atoms with E-state index < -0.39 is 0 Å². The zero-order valence-electron chi connectivity index (χ0n) is 12.2. The summed E-state index contributed by atoms with van der Waals surface area (Å²) in [6, 6.07) is 22.5. The minimum atomic E-state index is 0.0516. The van der Waals surface area contributed by atoms with E-state index in [1.165, 1.54) is 33.1 Å². The monoisotopic (exact) mass is 293 g/mol. The van der Waals surface area contributed by atoms with Crippen molar-refractivity contribution in [3.05, 3.63) is 66.4 Å². The summed E-state index contributed by atoms with van der Waals surface area (Å²) < 4.78 is 0. The number of nitriles is 2. The Labute approximate surface area is 133 Å². The van der Waals surface area contributed by atoms with Gasteiger partial charge < -0.3 is 5.32 Å². The van der Waals surface area contributed by atoms with Crippen LogP contribution < -0.4 is 5.32 Å². The van der Waals surface area contributed by atoms with E-state index in [1.807, 2.05) is 18.2 Å². The molecular weight excluding hydrogens is 282 g/mol. The molecule has 0 radical (unpaired) electrons. The molecule has 0 aromatic heterocycles. The fourth-order valence-electron chi connectivity index (χ4n) is 3.10. The van der Waals surface area contributed by atoms with Crippen molar-refractivity contribution in [2.75, 3.05) is 5.32 Å². The summed E-state index contributed by atoms with van der Waals surface area (Å²) in [5.41, 5.74) is 0.939. The van der Waals surface area contributed by atoms with Crippen LogP contribution in [0.2, 0.25) is 0 Å². The first-order valence-corrected chi connectivity index (χ1v) is 7.25. The third kappa shape index (κ3) is 1.96. The maximum atomic E-state index is 8.86. The van der Waals surface area contributed by atoms with Crippen LogP contribution in [0.1, 0.15) is 0 Å². The maximum Gasteiger partial charge on any atom is 0.145 e. The maximum absolute atomic E-state index is 8.86. The topological polar surface area (TPSA) is 59.6 Å². The first kappa shape index (κ1) is 13.1. The molecule has 23 heavy (non-hydrogen) atoms. The van der Waals surface area contributed by atoms with Gasteiger partial charge in [-0.2, -0.15) is 10.5 Å². The Kier molecular flexibility index (Phi) is 2.86. The number of allylic oxidation sites excluding steroid dienone is 1. The Bertz CT molecular complexity index is 1120. The van der Waals surface area contributed by atoms with Crippen molar-refractivity contribution in [1.29, 1.82) is 10.5 Å². The molecule has 3 heteroatoms. The molecule has 106 valence electrons. The molecule has 4 rings (SSSR count). The molecule has 0 aliphatic carbocycles. The molecule has 0 spiro atoms. The molecular formula is C20H11N3. The smallest absolute Gasteiger partial charge is 0.145 e. The molecule has 0 heterocycles. The van der Waals surface area contributed by atoms with Gasteiger partial charge in [-0.05, 0) is 33.0 Å². The average molecular weight is 293 g/mol. The van der Waals surface area contributed by atoms with Gasteiger partial charge in [0.25, 0.3) is 0 Å². The second-order valence-electron chi connectivity index (χ2n) is 5.40. The number of nitrogens with zero attached hydrogens (tertiary/aromatic N) is 2. The normalized spacial score (nSPS) is 10.5. The summed E-state index contributed by atoms with van der Waals surface area (Å²) in [6.07, 6.45) is 1.45. The first-order chi connectivity index (χ1) is 11.3. The summed E-state index contributed by atoms with van der Waals surface area (Å²) in [5, 5.41) is 27.9. The molecule has 3 nitrogen and oxygen atoms in total. The van der Waals surface area contributed by atoms with Crippen LogP contribution in [0, 0.1) is 22.7 Å². The minimum absolute atomic E-state index is 0.0516. The van der Waals surface area contributed by atoms with E-state index in [2.05, 4.69) is 53.8 Å². The molecule has 0 bridgehead atoms. The van der Waals surface area contributed by atoms with Crippen LogP contribution in [0.5, 0.6) is 0 Å². The van der Waals surface area contributed by atoms with E-state index in [9.17, 15) is 0 Å². The molecule has 0 atom stereocenters. The largest absolute Gasteiger partial charge is 0.359 e. The van der Waals surface area contributed by atoms with E-state index in [1.54, 1.807) is 0 Å². The van der Waals surface area contributed by atoms with E-state index >= 15 is 0 Å². The lowest BCUT2D eigenvalue weighted by molar-refractivity contribution is 1.45. The van der Waals surface area contributed by atoms with Crippen molar-refractivity contribution in [3.63, 3.8) is 0 Å². The lowest BCUT2D eigenvalue weighted by Crippen LogP contribution is -1.92. The van der Waals surface area contributed by atoms with Crippen molar-refractivity contribution in [2.45, 2.75) is 0 Å². The molecule has 0 aliphatic rings. The van der Waals surface area contributed by atoms with E-state index in [4.69, 9.17) is 10.5 Å². The predicted molar refractivity (Wildman–Crippen MR) is 93.1 cm³/mol. The lowest BCUT2D eigenvalue weighted by Gasteiger charge is -2.13. The van der Waals surface area contributed by atoms with Crippen LogP contribution in [0.4, 0.5) is 5.69 Å². The number of rotatable bonds is 2. The number of benzene rings is 4. The van der Waals surface area contributed by atoms with E-state index in [-0.39, 0.29) is 5.57 Å². The fraction of sp³-hybridized carbons (Fsp3) is 0. The molecule has 4 aromatic carbocycles. The van der Waals surface area contributed by atoms with Crippen LogP contribution in [-0.4, -0.2) is 0 Å². The Morgan fingerprint density at radius 1 is 0.783 bits per heavy atom. The Morgan fingerprint density at radius 2 is 1.39 bits per heavy atom. The highest BCUT2D eigenvalue weighted by molar-refractivity contribution is 6.25. The Balaban J connectivity index is 2.03. The molecule has 0 aliphatic heterocycles. The van der Waals surface area contributed by atoms with E-state index in [0.717, 1.165) is 11.1 Å². The standard InChI is InChI=1S/C20H11N3/c21-10-13(11-22)12-23-18-9-7-16-5-4-14-2-1-3-15-6-8-17(18)20(16)19(14)15/h1-9,12,23H. The highest BCUT2D eigenvalue weighted by Gasteiger charge is 2.10. The first-order valence-electron chi connectivity index (χ1n) is 7.25. The molecule has 0 fully saturated rings. The van der Waals surface area contributed by atoms with Gasteiger partial charge in [-0.1, -0.05) is 48.5 Å². The highest BCUT2D eigenvalue weighted by atomic mass is 14.8. The van der Waals surface area contributed by atoms with Gasteiger partial charge in [0.2, 0.25) is 0 Å². The second kappa shape index (κ2) is 5.02. The predicted octanol–water partition coefficient (Wildman–Crippen LogP) is 4.93. The van der Waals surface area contributed by atoms with Crippen molar-refractivity contribution in [2.24, 2.45) is 0 Å². The quantitative estimate of drug-likeness (QED) is 0.421. The van der Waals surface area contributed by atoms with Crippen molar-refractivity contribution >= 4 is 38.0 Å². The van der Waals surface area contributed by atoms with Gasteiger partial charge in [-0.3, -0.25) is 0 Å². The third-order valence-corrected chi connectivity index (χ3v) is 4.14. The van der Waals surface area contributed by atoms with Crippen molar-refractivity contribution in [3.8, 4) is 12.1 Å². The van der Waals surface area contributed by atoms with Crippen molar-refractivity contribution < 1.29 is 0 Å². The molecule has 0 amide bonds. The Morgan fingerprint density at radius 3 is 2.09 bits per heavy atom. The lowest BCUT2D eigenvalue weighted by atomic mass is 9.93. The van der Waals surface area contributed by atoms with Gasteiger partial charge in [0.15, 0.2) is 0 Å². The minimum Gasteiger partial charge on any atom is -0.359 e. The van der Waals surface area contributed by atoms with Gasteiger partial charge in [0.1, 0.15) is 17.7 Å². The number of anilines is 1. The number of hydrogen-bond acceptors (Lipinski definition) is 3. The Hall–Kier alpha value is -3.56.